The highest BCUT2D eigenvalue weighted by Crippen LogP contribution is 2.23. The van der Waals surface area contributed by atoms with Gasteiger partial charge >= 0.3 is 0 Å². The Morgan fingerprint density at radius 3 is 2.56 bits per heavy atom. The lowest BCUT2D eigenvalue weighted by Gasteiger charge is -2.36. The van der Waals surface area contributed by atoms with E-state index in [4.69, 9.17) is 0 Å². The van der Waals surface area contributed by atoms with Gasteiger partial charge in [0.15, 0.2) is 5.82 Å². The van der Waals surface area contributed by atoms with E-state index < -0.39 is 0 Å². The fourth-order valence-corrected chi connectivity index (χ4v) is 4.85. The van der Waals surface area contributed by atoms with Gasteiger partial charge in [-0.3, -0.25) is 4.90 Å². The van der Waals surface area contributed by atoms with E-state index in [2.05, 4.69) is 31.2 Å². The Hall–Kier alpha value is -1.30. The third kappa shape index (κ3) is 4.66. The first-order valence-corrected chi connectivity index (χ1v) is 10.5. The van der Waals surface area contributed by atoms with Gasteiger partial charge in [0.05, 0.1) is 4.88 Å². The quantitative estimate of drug-likeness (QED) is 0.813. The molecule has 2 aromatic rings. The van der Waals surface area contributed by atoms with Crippen LogP contribution in [0.15, 0.2) is 29.9 Å². The van der Waals surface area contributed by atoms with Crippen LogP contribution in [0.4, 0.5) is 0 Å². The van der Waals surface area contributed by atoms with E-state index in [0.29, 0.717) is 0 Å². The normalized spacial score (nSPS) is 23.0. The van der Waals surface area contributed by atoms with Crippen LogP contribution >= 0.6 is 11.3 Å². The number of aromatic nitrogens is 2. The number of nitrogens with zero attached hydrogens (tertiary/aromatic N) is 4. The van der Waals surface area contributed by atoms with E-state index in [-0.39, 0.29) is 0 Å². The average molecular weight is 357 g/mol. The molecule has 0 saturated carbocycles. The Morgan fingerprint density at radius 2 is 1.80 bits per heavy atom. The zero-order valence-electron chi connectivity index (χ0n) is 14.9. The predicted molar refractivity (Wildman–Crippen MR) is 104 cm³/mol. The van der Waals surface area contributed by atoms with Gasteiger partial charge < -0.3 is 4.90 Å². The Balaban J connectivity index is 1.31. The Labute approximate surface area is 154 Å². The summed E-state index contributed by atoms with van der Waals surface area (Å²) in [6.07, 6.45) is 10.9. The molecular weight excluding hydrogens is 328 g/mol. The van der Waals surface area contributed by atoms with Gasteiger partial charge in [-0.15, -0.1) is 11.3 Å². The summed E-state index contributed by atoms with van der Waals surface area (Å²) in [7, 11) is 0. The van der Waals surface area contributed by atoms with Crippen LogP contribution in [0.1, 0.15) is 37.7 Å². The number of hydrogen-bond donors (Lipinski definition) is 0. The maximum absolute atomic E-state index is 4.56. The van der Waals surface area contributed by atoms with Crippen molar-refractivity contribution in [2.75, 3.05) is 32.7 Å². The smallest absolute Gasteiger partial charge is 0.169 e. The van der Waals surface area contributed by atoms with Gasteiger partial charge in [0.1, 0.15) is 0 Å². The molecule has 2 saturated heterocycles. The molecule has 2 aliphatic rings. The maximum Gasteiger partial charge on any atom is 0.169 e. The third-order valence-corrected chi connectivity index (χ3v) is 6.29. The van der Waals surface area contributed by atoms with Crippen molar-refractivity contribution in [2.45, 2.75) is 38.6 Å². The number of hydrogen-bond acceptors (Lipinski definition) is 5. The van der Waals surface area contributed by atoms with Crippen molar-refractivity contribution in [3.05, 3.63) is 35.5 Å². The molecule has 0 unspecified atom stereocenters. The average Bonchev–Trinajstić information content (AvgIpc) is 3.18. The van der Waals surface area contributed by atoms with Gasteiger partial charge in [-0.25, -0.2) is 9.97 Å². The minimum absolute atomic E-state index is 0.832. The highest BCUT2D eigenvalue weighted by Gasteiger charge is 2.23. The van der Waals surface area contributed by atoms with E-state index in [1.165, 1.54) is 70.4 Å². The molecule has 2 aliphatic heterocycles. The zero-order chi connectivity index (χ0) is 16.9. The van der Waals surface area contributed by atoms with Gasteiger partial charge in [0, 0.05) is 37.6 Å². The SMILES string of the molecule is c1csc(-c2ncc(CN3CCC[C@@H](CN4CCCCC4)C3)cn2)c1. The monoisotopic (exact) mass is 356 g/mol. The molecule has 1 atom stereocenters. The van der Waals surface area contributed by atoms with E-state index >= 15 is 0 Å². The molecule has 2 aromatic heterocycles. The van der Waals surface area contributed by atoms with Crippen molar-refractivity contribution in [2.24, 2.45) is 5.92 Å². The lowest BCUT2D eigenvalue weighted by atomic mass is 9.96. The Kier molecular flexibility index (Phi) is 5.75. The molecule has 4 heterocycles. The van der Waals surface area contributed by atoms with Crippen molar-refractivity contribution < 1.29 is 0 Å². The van der Waals surface area contributed by atoms with Crippen molar-refractivity contribution >= 4 is 11.3 Å². The van der Waals surface area contributed by atoms with Crippen LogP contribution in [0, 0.1) is 5.92 Å². The van der Waals surface area contributed by atoms with Gasteiger partial charge in [-0.2, -0.15) is 0 Å². The van der Waals surface area contributed by atoms with Crippen molar-refractivity contribution in [3.8, 4) is 10.7 Å². The second kappa shape index (κ2) is 8.39. The van der Waals surface area contributed by atoms with Crippen LogP contribution in [-0.2, 0) is 6.54 Å². The minimum Gasteiger partial charge on any atom is -0.303 e. The van der Waals surface area contributed by atoms with Crippen molar-refractivity contribution in [1.82, 2.24) is 19.8 Å². The molecule has 0 radical (unpaired) electrons. The lowest BCUT2D eigenvalue weighted by molar-refractivity contribution is 0.118. The highest BCUT2D eigenvalue weighted by molar-refractivity contribution is 7.13. The molecule has 5 heteroatoms. The van der Waals surface area contributed by atoms with Crippen LogP contribution in [0.2, 0.25) is 0 Å². The molecule has 0 aliphatic carbocycles. The molecule has 0 amide bonds. The molecule has 4 nitrogen and oxygen atoms in total. The van der Waals surface area contributed by atoms with E-state index in [1.54, 1.807) is 11.3 Å². The first kappa shape index (κ1) is 17.1. The summed E-state index contributed by atoms with van der Waals surface area (Å²) >= 11 is 1.69. The van der Waals surface area contributed by atoms with Crippen molar-refractivity contribution in [1.29, 1.82) is 0 Å². The van der Waals surface area contributed by atoms with Crippen LogP contribution < -0.4 is 0 Å². The van der Waals surface area contributed by atoms with Crippen LogP contribution in [-0.4, -0.2) is 52.5 Å². The van der Waals surface area contributed by atoms with E-state index in [1.807, 2.05) is 18.5 Å². The Bertz CT molecular complexity index is 634. The van der Waals surface area contributed by atoms with Crippen LogP contribution in [0.5, 0.6) is 0 Å². The van der Waals surface area contributed by atoms with Crippen LogP contribution in [0.3, 0.4) is 0 Å². The first-order chi connectivity index (χ1) is 12.4. The van der Waals surface area contributed by atoms with E-state index in [9.17, 15) is 0 Å². The molecule has 0 N–H and O–H groups in total. The van der Waals surface area contributed by atoms with Gasteiger partial charge in [-0.1, -0.05) is 12.5 Å². The van der Waals surface area contributed by atoms with Gasteiger partial charge in [0.2, 0.25) is 0 Å². The number of rotatable bonds is 5. The summed E-state index contributed by atoms with van der Waals surface area (Å²) in [5.41, 5.74) is 1.24. The summed E-state index contributed by atoms with van der Waals surface area (Å²) < 4.78 is 0. The standard InChI is InChI=1S/C20H28N4S/c1-2-8-23(9-3-1)14-17-6-4-10-24(15-17)16-18-12-21-20(22-13-18)19-7-5-11-25-19/h5,7,11-13,17H,1-4,6,8-10,14-16H2/t17-/m0/s1. The largest absolute Gasteiger partial charge is 0.303 e. The van der Waals surface area contributed by atoms with Gasteiger partial charge in [0.25, 0.3) is 0 Å². The second-order valence-electron chi connectivity index (χ2n) is 7.50. The molecule has 25 heavy (non-hydrogen) atoms. The van der Waals surface area contributed by atoms with E-state index in [0.717, 1.165) is 23.2 Å². The zero-order valence-corrected chi connectivity index (χ0v) is 15.8. The Morgan fingerprint density at radius 1 is 1.00 bits per heavy atom. The topological polar surface area (TPSA) is 32.3 Å². The summed E-state index contributed by atoms with van der Waals surface area (Å²) in [5.74, 6) is 1.68. The predicted octanol–water partition coefficient (Wildman–Crippen LogP) is 3.90. The maximum atomic E-state index is 4.56. The summed E-state index contributed by atoms with van der Waals surface area (Å²) in [6, 6.07) is 4.13. The molecule has 0 spiro atoms. The van der Waals surface area contributed by atoms with Crippen molar-refractivity contribution in [3.63, 3.8) is 0 Å². The molecular formula is C20H28N4S. The van der Waals surface area contributed by atoms with Crippen LogP contribution in [0.25, 0.3) is 10.7 Å². The number of likely N-dealkylation sites (tertiary alicyclic amines) is 2. The minimum atomic E-state index is 0.832. The third-order valence-electron chi connectivity index (χ3n) is 5.42. The summed E-state index contributed by atoms with van der Waals surface area (Å²) in [5, 5.41) is 2.07. The number of piperidine rings is 2. The molecule has 0 bridgehead atoms. The second-order valence-corrected chi connectivity index (χ2v) is 8.44. The molecule has 4 rings (SSSR count). The molecule has 134 valence electrons. The first-order valence-electron chi connectivity index (χ1n) is 9.66. The molecule has 2 fully saturated rings. The summed E-state index contributed by atoms with van der Waals surface area (Å²) in [6.45, 7) is 7.35. The fourth-order valence-electron chi connectivity index (χ4n) is 4.18. The highest BCUT2D eigenvalue weighted by atomic mass is 32.1. The number of thiophene rings is 1. The van der Waals surface area contributed by atoms with Gasteiger partial charge in [-0.05, 0) is 62.7 Å². The molecule has 0 aromatic carbocycles. The fraction of sp³-hybridized carbons (Fsp3) is 0.600. The lowest BCUT2D eigenvalue weighted by Crippen LogP contribution is -2.42. The summed E-state index contributed by atoms with van der Waals surface area (Å²) in [4.78, 5) is 15.6.